The zero-order valence-corrected chi connectivity index (χ0v) is 19.9. The minimum Gasteiger partial charge on any atom is -0.465 e. The van der Waals surface area contributed by atoms with Crippen LogP contribution in [0.3, 0.4) is 0 Å². The van der Waals surface area contributed by atoms with Gasteiger partial charge in [0.1, 0.15) is 4.88 Å². The number of rotatable bonds is 5. The fourth-order valence-electron chi connectivity index (χ4n) is 2.97. The largest absolute Gasteiger partial charge is 0.465 e. The molecule has 0 aliphatic heterocycles. The van der Waals surface area contributed by atoms with Crippen LogP contribution in [0, 0.1) is 6.92 Å². The first-order valence-corrected chi connectivity index (χ1v) is 12.5. The Kier molecular flexibility index (Phi) is 6.85. The first-order valence-electron chi connectivity index (χ1n) is 8.98. The van der Waals surface area contributed by atoms with Crippen LogP contribution in [-0.4, -0.2) is 36.9 Å². The van der Waals surface area contributed by atoms with Crippen LogP contribution < -0.4 is 0 Å². The molecule has 184 valence electrons. The normalized spacial score (nSPS) is 12.7. The van der Waals surface area contributed by atoms with Crippen molar-refractivity contribution in [2.75, 3.05) is 13.4 Å². The summed E-state index contributed by atoms with van der Waals surface area (Å²) < 4.78 is 110. The number of halogens is 6. The van der Waals surface area contributed by atoms with E-state index >= 15 is 0 Å². The maximum atomic E-state index is 13.2. The summed E-state index contributed by atoms with van der Waals surface area (Å²) in [6, 6.07) is 1.29. The molecule has 0 unspecified atom stereocenters. The second-order valence-electron chi connectivity index (χ2n) is 6.73. The summed E-state index contributed by atoms with van der Waals surface area (Å²) >= 11 is 2.31. The van der Waals surface area contributed by atoms with Crippen LogP contribution in [0.2, 0.25) is 0 Å². The van der Waals surface area contributed by atoms with Gasteiger partial charge in [-0.05, 0) is 43.0 Å². The topological polar surface area (TPSA) is 78.3 Å². The molecular formula is C19H14F6N2O4S3. The summed E-state index contributed by atoms with van der Waals surface area (Å²) in [5.41, 5.74) is -2.65. The quantitative estimate of drug-likeness (QED) is 0.233. The van der Waals surface area contributed by atoms with Crippen molar-refractivity contribution in [1.29, 1.82) is 0 Å². The molecule has 0 amide bonds. The van der Waals surface area contributed by atoms with E-state index in [1.54, 1.807) is 13.2 Å². The van der Waals surface area contributed by atoms with E-state index in [9.17, 15) is 39.6 Å². The number of nitrogens with zero attached hydrogens (tertiary/aromatic N) is 2. The maximum absolute atomic E-state index is 13.2. The highest BCUT2D eigenvalue weighted by Crippen LogP contribution is 2.42. The Morgan fingerprint density at radius 1 is 1.09 bits per heavy atom. The van der Waals surface area contributed by atoms with Gasteiger partial charge in [-0.2, -0.15) is 43.9 Å². The highest BCUT2D eigenvalue weighted by Gasteiger charge is 2.38. The van der Waals surface area contributed by atoms with Gasteiger partial charge < -0.3 is 4.74 Å². The summed E-state index contributed by atoms with van der Waals surface area (Å²) in [7, 11) is -3.74. The van der Waals surface area contributed by atoms with Crippen LogP contribution in [0.4, 0.5) is 26.3 Å². The lowest BCUT2D eigenvalue weighted by atomic mass is 10.1. The van der Waals surface area contributed by atoms with Gasteiger partial charge in [0.2, 0.25) is 0 Å². The van der Waals surface area contributed by atoms with Crippen molar-refractivity contribution in [1.82, 2.24) is 9.19 Å². The molecule has 0 spiro atoms. The number of methoxy groups -OCH3 is 1. The summed E-state index contributed by atoms with van der Waals surface area (Å²) in [4.78, 5) is 11.0. The van der Waals surface area contributed by atoms with Crippen LogP contribution in [0.1, 0.15) is 26.4 Å². The summed E-state index contributed by atoms with van der Waals surface area (Å²) in [6.07, 6.45) is -7.83. The van der Waals surface area contributed by atoms with Crippen molar-refractivity contribution < 1.29 is 44.3 Å². The Morgan fingerprint density at radius 3 is 2.12 bits per heavy atom. The Morgan fingerprint density at radius 2 is 1.65 bits per heavy atom. The Bertz CT molecular complexity index is 1320. The SMILES string of the molecule is COC(=O)c1sc(SC)c(-c2ccn(S(=O)(=O)c3cc(C(F)(F)F)cc(C(F)(F)F)c3)n2)c1C. The van der Waals surface area contributed by atoms with Gasteiger partial charge >= 0.3 is 18.3 Å². The fourth-order valence-corrected chi connectivity index (χ4v) is 6.17. The summed E-state index contributed by atoms with van der Waals surface area (Å²) in [6.45, 7) is 1.58. The first-order chi connectivity index (χ1) is 15.6. The van der Waals surface area contributed by atoms with E-state index in [-0.39, 0.29) is 32.9 Å². The van der Waals surface area contributed by atoms with E-state index in [1.807, 2.05) is 0 Å². The third kappa shape index (κ3) is 4.81. The number of hydrogen-bond donors (Lipinski definition) is 0. The van der Waals surface area contributed by atoms with Crippen molar-refractivity contribution in [2.45, 2.75) is 28.4 Å². The predicted molar refractivity (Wildman–Crippen MR) is 112 cm³/mol. The predicted octanol–water partition coefficient (Wildman–Crippen LogP) is 5.70. The van der Waals surface area contributed by atoms with E-state index < -0.39 is 44.4 Å². The van der Waals surface area contributed by atoms with Gasteiger partial charge in [-0.15, -0.1) is 23.1 Å². The standard InChI is InChI=1S/C19H14F6N2O4S3/c1-9-14(17(32-3)33-15(9)16(28)31-2)13-4-5-27(26-13)34(29,30)12-7-10(18(20,21)22)6-11(8-12)19(23,24)25/h4-8H,1-3H3. The molecule has 0 atom stereocenters. The molecule has 2 heterocycles. The van der Waals surface area contributed by atoms with E-state index in [1.165, 1.54) is 24.9 Å². The molecule has 0 aliphatic rings. The third-order valence-corrected chi connectivity index (χ3v) is 8.52. The van der Waals surface area contributed by atoms with Crippen molar-refractivity contribution >= 4 is 39.1 Å². The fraction of sp³-hybridized carbons (Fsp3) is 0.263. The average Bonchev–Trinajstić information content (AvgIpc) is 3.36. The number of carbonyl (C=O) groups excluding carboxylic acids is 1. The molecule has 6 nitrogen and oxygen atoms in total. The van der Waals surface area contributed by atoms with Crippen molar-refractivity contribution in [3.05, 3.63) is 52.0 Å². The van der Waals surface area contributed by atoms with Crippen LogP contribution >= 0.6 is 23.1 Å². The molecule has 3 aromatic rings. The molecule has 15 heteroatoms. The number of esters is 1. The number of aromatic nitrogens is 2. The number of benzene rings is 1. The second-order valence-corrected chi connectivity index (χ2v) is 10.6. The van der Waals surface area contributed by atoms with Crippen molar-refractivity contribution in [3.63, 3.8) is 0 Å². The van der Waals surface area contributed by atoms with E-state index in [2.05, 4.69) is 5.10 Å². The molecular weight excluding hydrogens is 530 g/mol. The third-order valence-electron chi connectivity index (χ3n) is 4.60. The molecule has 2 aromatic heterocycles. The van der Waals surface area contributed by atoms with E-state index in [0.29, 0.717) is 15.3 Å². The van der Waals surface area contributed by atoms with Crippen LogP contribution in [0.25, 0.3) is 11.3 Å². The molecule has 0 saturated carbocycles. The molecule has 0 bridgehead atoms. The van der Waals surface area contributed by atoms with Gasteiger partial charge in [-0.25, -0.2) is 4.79 Å². The minimum atomic E-state index is -5.22. The molecule has 0 saturated heterocycles. The van der Waals surface area contributed by atoms with Crippen molar-refractivity contribution in [3.8, 4) is 11.3 Å². The lowest BCUT2D eigenvalue weighted by Crippen LogP contribution is -2.18. The van der Waals surface area contributed by atoms with Crippen LogP contribution in [0.15, 0.2) is 39.6 Å². The van der Waals surface area contributed by atoms with Gasteiger partial charge in [-0.3, -0.25) is 0 Å². The zero-order valence-electron chi connectivity index (χ0n) is 17.4. The Balaban J connectivity index is 2.16. The van der Waals surface area contributed by atoms with Gasteiger partial charge in [0.25, 0.3) is 10.0 Å². The van der Waals surface area contributed by atoms with Gasteiger partial charge in [0, 0.05) is 11.8 Å². The molecule has 1 aromatic carbocycles. The molecule has 0 N–H and O–H groups in total. The lowest BCUT2D eigenvalue weighted by molar-refractivity contribution is -0.143. The van der Waals surface area contributed by atoms with Crippen molar-refractivity contribution in [2.24, 2.45) is 0 Å². The Labute approximate surface area is 197 Å². The molecule has 0 aliphatic carbocycles. The Hall–Kier alpha value is -2.52. The number of alkyl halides is 6. The number of thiophene rings is 1. The summed E-state index contributed by atoms with van der Waals surface area (Å²) in [5, 5.41) is 3.89. The molecule has 0 radical (unpaired) electrons. The smallest absolute Gasteiger partial charge is 0.416 e. The number of carbonyl (C=O) groups is 1. The van der Waals surface area contributed by atoms with Gasteiger partial charge in [0.15, 0.2) is 0 Å². The molecule has 0 fully saturated rings. The lowest BCUT2D eigenvalue weighted by Gasteiger charge is -2.14. The minimum absolute atomic E-state index is 0.0554. The average molecular weight is 545 g/mol. The van der Waals surface area contributed by atoms with E-state index in [0.717, 1.165) is 17.5 Å². The highest BCUT2D eigenvalue weighted by atomic mass is 32.2. The van der Waals surface area contributed by atoms with Gasteiger partial charge in [0.05, 0.1) is 33.0 Å². The molecule has 34 heavy (non-hydrogen) atoms. The second kappa shape index (κ2) is 8.92. The van der Waals surface area contributed by atoms with Crippen LogP contribution in [0.5, 0.6) is 0 Å². The van der Waals surface area contributed by atoms with Gasteiger partial charge in [-0.1, -0.05) is 0 Å². The highest BCUT2D eigenvalue weighted by molar-refractivity contribution is 8.00. The number of hydrogen-bond acceptors (Lipinski definition) is 7. The maximum Gasteiger partial charge on any atom is 0.416 e. The monoisotopic (exact) mass is 544 g/mol. The zero-order chi connectivity index (χ0) is 25.6. The number of ether oxygens (including phenoxy) is 1. The van der Waals surface area contributed by atoms with Crippen LogP contribution in [-0.2, 0) is 27.1 Å². The molecule has 3 rings (SSSR count). The van der Waals surface area contributed by atoms with E-state index in [4.69, 9.17) is 4.74 Å². The number of thioether (sulfide) groups is 1. The summed E-state index contributed by atoms with van der Waals surface area (Å²) in [5.74, 6) is -0.625. The first kappa shape index (κ1) is 26.1.